The number of carbonyl (C=O) groups is 1. The zero-order chi connectivity index (χ0) is 13.7. The molecule has 0 aliphatic rings. The van der Waals surface area contributed by atoms with Gasteiger partial charge in [0.2, 0.25) is 0 Å². The largest absolute Gasteiger partial charge is 0.398 e. The number of rotatable bonds is 4. The van der Waals surface area contributed by atoms with Crippen molar-refractivity contribution in [3.05, 3.63) is 59.7 Å². The summed E-state index contributed by atoms with van der Waals surface area (Å²) in [6.45, 7) is 0.413. The molecule has 0 saturated heterocycles. The van der Waals surface area contributed by atoms with Gasteiger partial charge in [-0.05, 0) is 30.2 Å². The fourth-order valence-corrected chi connectivity index (χ4v) is 1.70. The summed E-state index contributed by atoms with van der Waals surface area (Å²) in [6.07, 6.45) is 3.51. The number of halogens is 1. The summed E-state index contributed by atoms with van der Waals surface area (Å²) in [7, 11) is 0. The van der Waals surface area contributed by atoms with Crippen molar-refractivity contribution in [2.75, 3.05) is 12.3 Å². The number of nitrogen functional groups attached to an aromatic ring is 1. The maximum Gasteiger partial charge on any atom is 0.254 e. The van der Waals surface area contributed by atoms with Crippen LogP contribution >= 0.6 is 0 Å². The molecule has 1 amide bonds. The number of nitrogens with two attached hydrogens (primary N) is 1. The first-order valence-corrected chi connectivity index (χ1v) is 5.89. The minimum Gasteiger partial charge on any atom is -0.398 e. The van der Waals surface area contributed by atoms with Crippen LogP contribution in [0.5, 0.6) is 0 Å². The number of hydrogen-bond acceptors (Lipinski definition) is 3. The first kappa shape index (κ1) is 13.0. The van der Waals surface area contributed by atoms with Crippen LogP contribution in [0.15, 0.2) is 42.7 Å². The molecule has 0 atom stereocenters. The maximum atomic E-state index is 13.0. The molecule has 4 nitrogen and oxygen atoms in total. The van der Waals surface area contributed by atoms with Gasteiger partial charge < -0.3 is 11.1 Å². The van der Waals surface area contributed by atoms with Gasteiger partial charge in [-0.25, -0.2) is 4.39 Å². The van der Waals surface area contributed by atoms with Crippen LogP contribution in [-0.4, -0.2) is 17.4 Å². The highest BCUT2D eigenvalue weighted by molar-refractivity contribution is 5.98. The third-order valence-corrected chi connectivity index (χ3v) is 2.69. The molecule has 1 aromatic carbocycles. The number of hydrogen-bond donors (Lipinski definition) is 2. The lowest BCUT2D eigenvalue weighted by atomic mass is 10.1. The Kier molecular flexibility index (Phi) is 4.07. The van der Waals surface area contributed by atoms with Gasteiger partial charge in [0.15, 0.2) is 0 Å². The van der Waals surface area contributed by atoms with Crippen LogP contribution in [-0.2, 0) is 6.42 Å². The number of aromatic nitrogens is 1. The van der Waals surface area contributed by atoms with Crippen molar-refractivity contribution in [1.82, 2.24) is 10.3 Å². The fourth-order valence-electron chi connectivity index (χ4n) is 1.70. The highest BCUT2D eigenvalue weighted by Crippen LogP contribution is 2.08. The van der Waals surface area contributed by atoms with E-state index in [4.69, 9.17) is 5.73 Å². The average Bonchev–Trinajstić information content (AvgIpc) is 2.39. The quantitative estimate of drug-likeness (QED) is 0.879. The van der Waals surface area contributed by atoms with Crippen molar-refractivity contribution < 1.29 is 9.18 Å². The molecule has 2 aromatic rings. The van der Waals surface area contributed by atoms with Gasteiger partial charge >= 0.3 is 0 Å². The zero-order valence-electron chi connectivity index (χ0n) is 10.3. The summed E-state index contributed by atoms with van der Waals surface area (Å²) in [6, 6.07) is 7.86. The predicted octanol–water partition coefficient (Wildman–Crippen LogP) is 1.78. The Bertz CT molecular complexity index is 586. The number of nitrogens with zero attached hydrogens (tertiary/aromatic N) is 1. The Labute approximate surface area is 110 Å². The first-order chi connectivity index (χ1) is 9.16. The molecule has 98 valence electrons. The molecule has 0 aliphatic carbocycles. The number of carbonyl (C=O) groups excluding carboxylic acids is 1. The Balaban J connectivity index is 1.90. The van der Waals surface area contributed by atoms with Crippen molar-refractivity contribution >= 4 is 11.6 Å². The topological polar surface area (TPSA) is 68.0 Å². The fraction of sp³-hybridized carbons (Fsp3) is 0.143. The van der Waals surface area contributed by atoms with Crippen molar-refractivity contribution in [3.63, 3.8) is 0 Å². The average molecular weight is 259 g/mol. The molecule has 0 bridgehead atoms. The van der Waals surface area contributed by atoms with Crippen LogP contribution in [0.25, 0.3) is 0 Å². The summed E-state index contributed by atoms with van der Waals surface area (Å²) in [5.41, 5.74) is 7.24. The van der Waals surface area contributed by atoms with Crippen molar-refractivity contribution in [2.24, 2.45) is 0 Å². The van der Waals surface area contributed by atoms with Crippen LogP contribution in [0, 0.1) is 5.82 Å². The first-order valence-electron chi connectivity index (χ1n) is 5.89. The molecule has 0 aliphatic heterocycles. The van der Waals surface area contributed by atoms with E-state index in [1.54, 1.807) is 12.1 Å². The van der Waals surface area contributed by atoms with Gasteiger partial charge in [0, 0.05) is 24.6 Å². The van der Waals surface area contributed by atoms with Gasteiger partial charge in [-0.2, -0.15) is 0 Å². The third-order valence-electron chi connectivity index (χ3n) is 2.69. The minimum atomic E-state index is -0.277. The Morgan fingerprint density at radius 2 is 2.21 bits per heavy atom. The molecule has 0 fully saturated rings. The lowest BCUT2D eigenvalue weighted by molar-refractivity contribution is 0.0954. The number of pyridine rings is 1. The number of anilines is 1. The predicted molar refractivity (Wildman–Crippen MR) is 71.1 cm³/mol. The van der Waals surface area contributed by atoms with E-state index in [0.29, 0.717) is 24.2 Å². The molecule has 0 saturated carbocycles. The van der Waals surface area contributed by atoms with Crippen molar-refractivity contribution in [1.29, 1.82) is 0 Å². The van der Waals surface area contributed by atoms with Gasteiger partial charge in [-0.3, -0.25) is 9.78 Å². The molecule has 2 rings (SSSR count). The lowest BCUT2D eigenvalue weighted by Crippen LogP contribution is -2.26. The Morgan fingerprint density at radius 3 is 2.95 bits per heavy atom. The van der Waals surface area contributed by atoms with E-state index in [9.17, 15) is 9.18 Å². The van der Waals surface area contributed by atoms with Crippen LogP contribution in [0.4, 0.5) is 10.1 Å². The van der Waals surface area contributed by atoms with Gasteiger partial charge in [0.1, 0.15) is 5.82 Å². The molecule has 0 spiro atoms. The molecular weight excluding hydrogens is 245 g/mol. The highest BCUT2D eigenvalue weighted by Gasteiger charge is 2.08. The molecule has 1 heterocycles. The molecule has 0 unspecified atom stereocenters. The summed E-state index contributed by atoms with van der Waals surface area (Å²) >= 11 is 0. The molecule has 1 aromatic heterocycles. The van der Waals surface area contributed by atoms with Crippen LogP contribution in [0.3, 0.4) is 0 Å². The SMILES string of the molecule is Nc1ccncc1C(=O)NCCc1cccc(F)c1. The van der Waals surface area contributed by atoms with Crippen LogP contribution < -0.4 is 11.1 Å². The van der Waals surface area contributed by atoms with E-state index in [1.807, 2.05) is 6.07 Å². The second-order valence-corrected chi connectivity index (χ2v) is 4.10. The minimum absolute atomic E-state index is 0.276. The molecule has 3 N–H and O–H groups in total. The van der Waals surface area contributed by atoms with E-state index in [-0.39, 0.29) is 11.7 Å². The third kappa shape index (κ3) is 3.51. The van der Waals surface area contributed by atoms with Crippen molar-refractivity contribution in [2.45, 2.75) is 6.42 Å². The van der Waals surface area contributed by atoms with Gasteiger partial charge in [0.25, 0.3) is 5.91 Å². The summed E-state index contributed by atoms with van der Waals surface area (Å²) in [4.78, 5) is 15.7. The van der Waals surface area contributed by atoms with E-state index in [2.05, 4.69) is 10.3 Å². The van der Waals surface area contributed by atoms with Crippen molar-refractivity contribution in [3.8, 4) is 0 Å². The Morgan fingerprint density at radius 1 is 1.37 bits per heavy atom. The molecule has 5 heteroatoms. The monoisotopic (exact) mass is 259 g/mol. The normalized spacial score (nSPS) is 10.2. The second-order valence-electron chi connectivity index (χ2n) is 4.10. The lowest BCUT2D eigenvalue weighted by Gasteiger charge is -2.07. The molecule has 0 radical (unpaired) electrons. The van der Waals surface area contributed by atoms with E-state index in [0.717, 1.165) is 5.56 Å². The zero-order valence-corrected chi connectivity index (χ0v) is 10.3. The highest BCUT2D eigenvalue weighted by atomic mass is 19.1. The van der Waals surface area contributed by atoms with E-state index < -0.39 is 0 Å². The van der Waals surface area contributed by atoms with Crippen LogP contribution in [0.1, 0.15) is 15.9 Å². The van der Waals surface area contributed by atoms with Gasteiger partial charge in [-0.15, -0.1) is 0 Å². The summed E-state index contributed by atoms with van der Waals surface area (Å²) in [5, 5.41) is 2.73. The summed E-state index contributed by atoms with van der Waals surface area (Å²) in [5.74, 6) is -0.553. The smallest absolute Gasteiger partial charge is 0.254 e. The summed E-state index contributed by atoms with van der Waals surface area (Å²) < 4.78 is 13.0. The van der Waals surface area contributed by atoms with E-state index in [1.165, 1.54) is 24.5 Å². The Hall–Kier alpha value is -2.43. The number of amides is 1. The maximum absolute atomic E-state index is 13.0. The molecular formula is C14H14FN3O. The standard InChI is InChI=1S/C14H14FN3O/c15-11-3-1-2-10(8-11)4-7-18-14(19)12-9-17-6-5-13(12)16/h1-3,5-6,8-9H,4,7H2,(H2,16,17)(H,18,19). The van der Waals surface area contributed by atoms with Gasteiger partial charge in [-0.1, -0.05) is 12.1 Å². The molecule has 19 heavy (non-hydrogen) atoms. The second kappa shape index (κ2) is 5.95. The number of benzene rings is 1. The van der Waals surface area contributed by atoms with Crippen LogP contribution in [0.2, 0.25) is 0 Å². The van der Waals surface area contributed by atoms with Gasteiger partial charge in [0.05, 0.1) is 5.56 Å². The van der Waals surface area contributed by atoms with E-state index >= 15 is 0 Å². The number of nitrogens with one attached hydrogen (secondary N) is 1.